The van der Waals surface area contributed by atoms with E-state index in [-0.39, 0.29) is 17.5 Å². The summed E-state index contributed by atoms with van der Waals surface area (Å²) in [6.07, 6.45) is 8.90. The third-order valence-corrected chi connectivity index (χ3v) is 14.6. The van der Waals surface area contributed by atoms with E-state index in [0.29, 0.717) is 18.8 Å². The maximum Gasteiger partial charge on any atom is 0.397 e. The van der Waals surface area contributed by atoms with E-state index < -0.39 is 103 Å². The van der Waals surface area contributed by atoms with Crippen LogP contribution in [-0.4, -0.2) is 136 Å². The molecule has 0 bridgehead atoms. The number of esters is 2. The Bertz CT molecular complexity index is 1490. The molecule has 2 rings (SSSR count). The molecule has 0 aromatic carbocycles. The largest absolute Gasteiger partial charge is 0.455 e. The van der Waals surface area contributed by atoms with Crippen molar-refractivity contribution in [2.24, 2.45) is 17.8 Å². The highest BCUT2D eigenvalue weighted by Crippen LogP contribution is 2.34. The van der Waals surface area contributed by atoms with Crippen LogP contribution in [0.5, 0.6) is 0 Å². The molecular weight excluding hydrogens is 937 g/mol. The third-order valence-electron chi connectivity index (χ3n) is 13.2. The van der Waals surface area contributed by atoms with E-state index in [1.165, 1.54) is 95.2 Å². The minimum absolute atomic E-state index is 0.0616. The standard InChI is InChI=1S/C50H92O17S2/c1-6-7-8-9-10-16-19-22-25-28-35(2)31-36(3)32-37(4)48(58)65-45-43(56)40(34-52)63-50(66-49-46(67-69(59,60)61)44(57)42(55)39(33-51)62-49)47(45)64-41(54)29-26-23-20-17-14-12-11-13-15-18-21-24-27-30-68-38(5)53/h35-37,39-40,42-47,49-52,55-57H,6-34H2,1-5H3,(H,59,60,61)/t35-,36-,37-,39?,40?,42?,43?,44?,45?,46?,47?,49?,50?/m0/s1. The molecule has 0 radical (unpaired) electrons. The molecule has 19 heteroatoms. The van der Waals surface area contributed by atoms with E-state index in [4.69, 9.17) is 23.7 Å². The van der Waals surface area contributed by atoms with Crippen LogP contribution in [0.3, 0.4) is 0 Å². The third kappa shape index (κ3) is 26.9. The lowest BCUT2D eigenvalue weighted by Gasteiger charge is -2.46. The predicted molar refractivity (Wildman–Crippen MR) is 263 cm³/mol. The summed E-state index contributed by atoms with van der Waals surface area (Å²) in [7, 11) is -5.31. The molecule has 17 nitrogen and oxygen atoms in total. The maximum absolute atomic E-state index is 13.8. The summed E-state index contributed by atoms with van der Waals surface area (Å²) in [6.45, 7) is 8.10. The quantitative estimate of drug-likeness (QED) is 0.0194. The highest BCUT2D eigenvalue weighted by atomic mass is 32.3. The highest BCUT2D eigenvalue weighted by molar-refractivity contribution is 8.13. The molecule has 0 amide bonds. The predicted octanol–water partition coefficient (Wildman–Crippen LogP) is 7.88. The molecule has 406 valence electrons. The summed E-state index contributed by atoms with van der Waals surface area (Å²) >= 11 is 1.39. The van der Waals surface area contributed by atoms with Gasteiger partial charge < -0.3 is 49.2 Å². The van der Waals surface area contributed by atoms with Crippen molar-refractivity contribution in [2.75, 3.05) is 19.0 Å². The Morgan fingerprint density at radius 3 is 1.58 bits per heavy atom. The van der Waals surface area contributed by atoms with Gasteiger partial charge in [0.25, 0.3) is 0 Å². The van der Waals surface area contributed by atoms with Crippen molar-refractivity contribution < 1.29 is 80.8 Å². The van der Waals surface area contributed by atoms with Crippen LogP contribution in [0.15, 0.2) is 0 Å². The van der Waals surface area contributed by atoms with E-state index in [1.54, 1.807) is 13.8 Å². The first-order valence-electron chi connectivity index (χ1n) is 26.3. The Morgan fingerprint density at radius 2 is 1.07 bits per heavy atom. The van der Waals surface area contributed by atoms with Crippen LogP contribution in [0.4, 0.5) is 0 Å². The molecule has 2 aliphatic rings. The van der Waals surface area contributed by atoms with E-state index in [9.17, 15) is 52.9 Å². The van der Waals surface area contributed by atoms with Crippen molar-refractivity contribution in [1.82, 2.24) is 0 Å². The van der Waals surface area contributed by atoms with Gasteiger partial charge in [-0.3, -0.25) is 18.9 Å². The Morgan fingerprint density at radius 1 is 0.594 bits per heavy atom. The summed E-state index contributed by atoms with van der Waals surface area (Å²) in [5.74, 6) is -0.635. The maximum atomic E-state index is 13.8. The summed E-state index contributed by atoms with van der Waals surface area (Å²) < 4.78 is 66.8. The van der Waals surface area contributed by atoms with Crippen LogP contribution in [0.1, 0.15) is 202 Å². The van der Waals surface area contributed by atoms with Crippen molar-refractivity contribution in [3.63, 3.8) is 0 Å². The average Bonchev–Trinajstić information content (AvgIpc) is 3.29. The van der Waals surface area contributed by atoms with Crippen molar-refractivity contribution in [3.8, 4) is 0 Å². The Labute approximate surface area is 418 Å². The Kier molecular flexibility index (Phi) is 33.6. The number of carbonyl (C=O) groups excluding carboxylic acids is 3. The van der Waals surface area contributed by atoms with Gasteiger partial charge >= 0.3 is 22.3 Å². The van der Waals surface area contributed by atoms with Gasteiger partial charge in [-0.05, 0) is 37.5 Å². The molecule has 0 spiro atoms. The lowest BCUT2D eigenvalue weighted by atomic mass is 9.87. The van der Waals surface area contributed by atoms with Gasteiger partial charge in [-0.1, -0.05) is 174 Å². The number of ether oxygens (including phenoxy) is 5. The van der Waals surface area contributed by atoms with Gasteiger partial charge in [0, 0.05) is 19.1 Å². The van der Waals surface area contributed by atoms with Crippen molar-refractivity contribution >= 4 is 39.2 Å². The highest BCUT2D eigenvalue weighted by Gasteiger charge is 2.54. The first-order chi connectivity index (χ1) is 32.9. The zero-order valence-electron chi connectivity index (χ0n) is 42.5. The van der Waals surface area contributed by atoms with Crippen molar-refractivity contribution in [3.05, 3.63) is 0 Å². The van der Waals surface area contributed by atoms with Gasteiger partial charge in [-0.25, -0.2) is 4.18 Å². The molecule has 0 aromatic heterocycles. The first-order valence-corrected chi connectivity index (χ1v) is 28.7. The molecule has 13 atom stereocenters. The molecule has 0 aromatic rings. The summed E-state index contributed by atoms with van der Waals surface area (Å²) in [4.78, 5) is 38.4. The van der Waals surface area contributed by atoms with Gasteiger partial charge in [0.2, 0.25) is 6.29 Å². The minimum Gasteiger partial charge on any atom is -0.455 e. The fourth-order valence-electron chi connectivity index (χ4n) is 9.35. The molecule has 10 unspecified atom stereocenters. The zero-order valence-corrected chi connectivity index (χ0v) is 44.1. The SMILES string of the molecule is CCCCCCCCCCC[C@H](C)C[C@H](C)C[C@H](C)C(=O)OC1C(O)C(CO)OC(OC2OC(CO)C(O)C(O)C2OS(=O)(=O)O)C1OC(=O)CCCCCCCCCCCCCCCSC(C)=O. The fraction of sp³-hybridized carbons (Fsp3) is 0.940. The number of thioether (sulfide) groups is 1. The molecule has 6 N–H and O–H groups in total. The number of hydrogen-bond donors (Lipinski definition) is 6. The van der Waals surface area contributed by atoms with Gasteiger partial charge in [0.05, 0.1) is 19.1 Å². The van der Waals surface area contributed by atoms with E-state index in [1.807, 2.05) is 0 Å². The van der Waals surface area contributed by atoms with Crippen LogP contribution in [0.2, 0.25) is 0 Å². The van der Waals surface area contributed by atoms with E-state index in [0.717, 1.165) is 70.0 Å². The molecule has 2 fully saturated rings. The van der Waals surface area contributed by atoms with Crippen LogP contribution < -0.4 is 0 Å². The Balaban J connectivity index is 2.07. The van der Waals surface area contributed by atoms with Gasteiger partial charge in [-0.2, -0.15) is 8.42 Å². The van der Waals surface area contributed by atoms with Crippen molar-refractivity contribution in [1.29, 1.82) is 0 Å². The van der Waals surface area contributed by atoms with Gasteiger partial charge in [-0.15, -0.1) is 0 Å². The van der Waals surface area contributed by atoms with E-state index in [2.05, 4.69) is 25.0 Å². The second-order valence-electron chi connectivity index (χ2n) is 19.8. The molecule has 2 saturated heterocycles. The zero-order chi connectivity index (χ0) is 51.2. The van der Waals surface area contributed by atoms with Crippen LogP contribution in [-0.2, 0) is 52.7 Å². The topological polar surface area (TPSA) is 262 Å². The summed E-state index contributed by atoms with van der Waals surface area (Å²) in [6, 6.07) is 0. The van der Waals surface area contributed by atoms with E-state index >= 15 is 0 Å². The van der Waals surface area contributed by atoms with Gasteiger partial charge in [0.15, 0.2) is 29.7 Å². The summed E-state index contributed by atoms with van der Waals surface area (Å²) in [5, 5.41) is 53.0. The summed E-state index contributed by atoms with van der Waals surface area (Å²) in [5.41, 5.74) is 0. The molecule has 69 heavy (non-hydrogen) atoms. The Hall–Kier alpha value is -1.49. The molecule has 0 aliphatic carbocycles. The number of hydrogen-bond acceptors (Lipinski definition) is 17. The number of carbonyl (C=O) groups is 3. The monoisotopic (exact) mass is 1030 g/mol. The number of aliphatic hydroxyl groups excluding tert-OH is 5. The lowest BCUT2D eigenvalue weighted by Crippen LogP contribution is -2.65. The molecule has 2 heterocycles. The minimum atomic E-state index is -5.31. The number of unbranched alkanes of at least 4 members (excludes halogenated alkanes) is 20. The number of rotatable bonds is 39. The smallest absolute Gasteiger partial charge is 0.397 e. The van der Waals surface area contributed by atoms with Gasteiger partial charge in [0.1, 0.15) is 30.5 Å². The van der Waals surface area contributed by atoms with Crippen LogP contribution in [0.25, 0.3) is 0 Å². The van der Waals surface area contributed by atoms with Crippen LogP contribution >= 0.6 is 11.8 Å². The lowest BCUT2D eigenvalue weighted by molar-refractivity contribution is -0.374. The number of aliphatic hydroxyl groups is 5. The second kappa shape index (κ2) is 36.4. The average molecular weight is 1030 g/mol. The molecule has 0 saturated carbocycles. The normalized spacial score (nSPS) is 26.6. The molecular formula is C50H92O17S2. The fourth-order valence-corrected chi connectivity index (χ4v) is 10.5. The second-order valence-corrected chi connectivity index (χ2v) is 22.1. The van der Waals surface area contributed by atoms with Crippen LogP contribution in [0, 0.1) is 17.8 Å². The molecule has 2 aliphatic heterocycles. The first kappa shape index (κ1) is 63.6. The van der Waals surface area contributed by atoms with Crippen molar-refractivity contribution in [2.45, 2.75) is 263 Å².